The first-order valence-electron chi connectivity index (χ1n) is 6.22. The summed E-state index contributed by atoms with van der Waals surface area (Å²) >= 11 is 5.76. The van der Waals surface area contributed by atoms with Gasteiger partial charge in [0.05, 0.1) is 5.41 Å². The van der Waals surface area contributed by atoms with Gasteiger partial charge in [0.25, 0.3) is 10.0 Å². The van der Waals surface area contributed by atoms with Gasteiger partial charge in [-0.05, 0) is 48.0 Å². The quantitative estimate of drug-likeness (QED) is 0.879. The van der Waals surface area contributed by atoms with Gasteiger partial charge < -0.3 is 5.73 Å². The van der Waals surface area contributed by atoms with Gasteiger partial charge in [-0.2, -0.15) is 0 Å². The van der Waals surface area contributed by atoms with Crippen LogP contribution in [0.25, 0.3) is 6.08 Å². The molecule has 0 saturated carbocycles. The minimum Gasteiger partial charge on any atom is -0.366 e. The summed E-state index contributed by atoms with van der Waals surface area (Å²) in [6.45, 7) is 0. The molecule has 7 heteroatoms. The maximum atomic E-state index is 11.9. The highest BCUT2D eigenvalue weighted by atomic mass is 35.5. The number of primary amides is 1. The summed E-state index contributed by atoms with van der Waals surface area (Å²) < 4.78 is 26.3. The molecule has 0 radical (unpaired) electrons. The molecule has 1 amide bonds. The molecule has 2 aromatic carbocycles. The lowest BCUT2D eigenvalue weighted by molar-refractivity contribution is 0.100. The van der Waals surface area contributed by atoms with Crippen molar-refractivity contribution < 1.29 is 13.2 Å². The Hall–Kier alpha value is -2.31. The van der Waals surface area contributed by atoms with Crippen LogP contribution in [0.3, 0.4) is 0 Å². The van der Waals surface area contributed by atoms with E-state index >= 15 is 0 Å². The van der Waals surface area contributed by atoms with Gasteiger partial charge in [-0.25, -0.2) is 8.42 Å². The molecule has 0 saturated heterocycles. The molecule has 3 N–H and O–H groups in total. The highest BCUT2D eigenvalue weighted by Gasteiger charge is 2.06. The third-order valence-corrected chi connectivity index (χ3v) is 4.01. The summed E-state index contributed by atoms with van der Waals surface area (Å²) in [5.41, 5.74) is 6.47. The molecule has 2 aromatic rings. The van der Waals surface area contributed by atoms with Crippen molar-refractivity contribution in [2.75, 3.05) is 4.72 Å². The van der Waals surface area contributed by atoms with E-state index in [1.807, 2.05) is 0 Å². The Bertz CT molecular complexity index is 798. The molecule has 0 aliphatic heterocycles. The summed E-state index contributed by atoms with van der Waals surface area (Å²) in [4.78, 5) is 10.9. The van der Waals surface area contributed by atoms with Gasteiger partial charge in [0.15, 0.2) is 0 Å². The average molecular weight is 337 g/mol. The van der Waals surface area contributed by atoms with E-state index in [1.54, 1.807) is 24.3 Å². The van der Waals surface area contributed by atoms with Crippen molar-refractivity contribution in [1.82, 2.24) is 0 Å². The van der Waals surface area contributed by atoms with E-state index in [4.69, 9.17) is 17.3 Å². The number of hydrogen-bond donors (Lipinski definition) is 2. The normalized spacial score (nSPS) is 11.5. The molecule has 0 fully saturated rings. The van der Waals surface area contributed by atoms with Crippen molar-refractivity contribution in [3.63, 3.8) is 0 Å². The highest BCUT2D eigenvalue weighted by molar-refractivity contribution is 7.95. The molecule has 0 aromatic heterocycles. The molecule has 2 rings (SSSR count). The van der Waals surface area contributed by atoms with Crippen molar-refractivity contribution in [3.05, 3.63) is 70.1 Å². The zero-order valence-electron chi connectivity index (χ0n) is 11.4. The van der Waals surface area contributed by atoms with E-state index in [9.17, 15) is 13.2 Å². The number of sulfonamides is 1. The summed E-state index contributed by atoms with van der Waals surface area (Å²) in [7, 11) is -3.66. The number of anilines is 1. The Labute approximate surface area is 133 Å². The minimum atomic E-state index is -3.66. The monoisotopic (exact) mass is 336 g/mol. The zero-order chi connectivity index (χ0) is 16.2. The topological polar surface area (TPSA) is 89.3 Å². The van der Waals surface area contributed by atoms with Crippen molar-refractivity contribution in [2.24, 2.45) is 5.73 Å². The lowest BCUT2D eigenvalue weighted by Gasteiger charge is -2.04. The fraction of sp³-hybridized carbons (Fsp3) is 0. The van der Waals surface area contributed by atoms with Crippen molar-refractivity contribution in [3.8, 4) is 0 Å². The van der Waals surface area contributed by atoms with Gasteiger partial charge >= 0.3 is 0 Å². The first-order chi connectivity index (χ1) is 10.4. The Morgan fingerprint density at radius 3 is 2.18 bits per heavy atom. The number of nitrogens with one attached hydrogen (secondary N) is 1. The van der Waals surface area contributed by atoms with E-state index in [-0.39, 0.29) is 0 Å². The molecule has 22 heavy (non-hydrogen) atoms. The maximum absolute atomic E-state index is 11.9. The van der Waals surface area contributed by atoms with E-state index < -0.39 is 15.9 Å². The van der Waals surface area contributed by atoms with Gasteiger partial charge in [-0.15, -0.1) is 0 Å². The summed E-state index contributed by atoms with van der Waals surface area (Å²) in [6, 6.07) is 12.6. The third kappa shape index (κ3) is 4.61. The second-order valence-electron chi connectivity index (χ2n) is 4.44. The van der Waals surface area contributed by atoms with Gasteiger partial charge in [0.2, 0.25) is 5.91 Å². The predicted octanol–water partition coefficient (Wildman–Crippen LogP) is 2.85. The van der Waals surface area contributed by atoms with E-state index in [1.165, 1.54) is 30.3 Å². The zero-order valence-corrected chi connectivity index (χ0v) is 12.9. The van der Waals surface area contributed by atoms with Crippen LogP contribution in [-0.4, -0.2) is 14.3 Å². The third-order valence-electron chi connectivity index (χ3n) is 2.74. The first kappa shape index (κ1) is 16.1. The van der Waals surface area contributed by atoms with Crippen LogP contribution in [0.2, 0.25) is 5.02 Å². The van der Waals surface area contributed by atoms with Crippen LogP contribution in [0.5, 0.6) is 0 Å². The number of carbonyl (C=O) groups excluding carboxylic acids is 1. The van der Waals surface area contributed by atoms with Gasteiger partial charge in [0.1, 0.15) is 0 Å². The van der Waals surface area contributed by atoms with Gasteiger partial charge in [0, 0.05) is 16.3 Å². The molecule has 0 atom stereocenters. The number of benzene rings is 2. The average Bonchev–Trinajstić information content (AvgIpc) is 2.47. The highest BCUT2D eigenvalue weighted by Crippen LogP contribution is 2.14. The number of hydrogen-bond acceptors (Lipinski definition) is 3. The number of amides is 1. The second kappa shape index (κ2) is 6.64. The largest absolute Gasteiger partial charge is 0.366 e. The van der Waals surface area contributed by atoms with Crippen LogP contribution in [0.4, 0.5) is 5.69 Å². The summed E-state index contributed by atoms with van der Waals surface area (Å²) in [6.07, 6.45) is 1.45. The van der Waals surface area contributed by atoms with Gasteiger partial charge in [-0.1, -0.05) is 23.7 Å². The Balaban J connectivity index is 2.10. The molecule has 0 unspecified atom stereocenters. The minimum absolute atomic E-state index is 0.305. The number of halogens is 1. The Morgan fingerprint density at radius 2 is 1.64 bits per heavy atom. The molecular weight excluding hydrogens is 324 g/mol. The molecule has 114 valence electrons. The predicted molar refractivity (Wildman–Crippen MR) is 88.0 cm³/mol. The van der Waals surface area contributed by atoms with Crippen LogP contribution in [0.15, 0.2) is 53.9 Å². The molecule has 0 aliphatic carbocycles. The first-order valence-corrected chi connectivity index (χ1v) is 8.14. The maximum Gasteiger partial charge on any atom is 0.255 e. The van der Waals surface area contributed by atoms with E-state index in [0.717, 1.165) is 5.41 Å². The standard InChI is InChI=1S/C15H13ClN2O3S/c16-13-5-1-11(2-6-13)9-10-22(20,21)18-14-7-3-12(4-8-14)15(17)19/h1-10,18H,(H2,17,19). The Morgan fingerprint density at radius 1 is 1.05 bits per heavy atom. The number of nitrogens with two attached hydrogens (primary N) is 1. The fourth-order valence-corrected chi connectivity index (χ4v) is 2.64. The van der Waals surface area contributed by atoms with E-state index in [2.05, 4.69) is 4.72 Å². The molecule has 0 spiro atoms. The summed E-state index contributed by atoms with van der Waals surface area (Å²) in [5, 5.41) is 1.63. The van der Waals surface area contributed by atoms with Crippen molar-refractivity contribution in [2.45, 2.75) is 0 Å². The van der Waals surface area contributed by atoms with Crippen LogP contribution in [0.1, 0.15) is 15.9 Å². The molecule has 5 nitrogen and oxygen atoms in total. The smallest absolute Gasteiger partial charge is 0.255 e. The number of rotatable bonds is 5. The molecule has 0 aliphatic rings. The van der Waals surface area contributed by atoms with Crippen LogP contribution in [0, 0.1) is 0 Å². The van der Waals surface area contributed by atoms with Crippen LogP contribution >= 0.6 is 11.6 Å². The molecule has 0 bridgehead atoms. The molecular formula is C15H13ClN2O3S. The second-order valence-corrected chi connectivity index (χ2v) is 6.45. The lowest BCUT2D eigenvalue weighted by Crippen LogP contribution is -2.12. The van der Waals surface area contributed by atoms with Crippen LogP contribution < -0.4 is 10.5 Å². The lowest BCUT2D eigenvalue weighted by atomic mass is 10.2. The van der Waals surface area contributed by atoms with Crippen LogP contribution in [-0.2, 0) is 10.0 Å². The van der Waals surface area contributed by atoms with Crippen molar-refractivity contribution in [1.29, 1.82) is 0 Å². The number of carbonyl (C=O) groups is 1. The molecule has 0 heterocycles. The van der Waals surface area contributed by atoms with E-state index in [0.29, 0.717) is 21.8 Å². The SMILES string of the molecule is NC(=O)c1ccc(NS(=O)(=O)C=Cc2ccc(Cl)cc2)cc1. The summed E-state index contributed by atoms with van der Waals surface area (Å²) in [5.74, 6) is -0.572. The Kier molecular flexibility index (Phi) is 4.85. The van der Waals surface area contributed by atoms with Crippen molar-refractivity contribution >= 4 is 39.3 Å². The fourth-order valence-electron chi connectivity index (χ4n) is 1.64. The van der Waals surface area contributed by atoms with Gasteiger partial charge in [-0.3, -0.25) is 9.52 Å².